The zero-order valence-corrected chi connectivity index (χ0v) is 14.2. The average Bonchev–Trinajstić information content (AvgIpc) is 2.63. The summed E-state index contributed by atoms with van der Waals surface area (Å²) in [7, 11) is 0. The number of anilines is 2. The molecule has 0 aliphatic carbocycles. The van der Waals surface area contributed by atoms with E-state index in [1.807, 2.05) is 42.5 Å². The van der Waals surface area contributed by atoms with Crippen LogP contribution in [0.3, 0.4) is 0 Å². The van der Waals surface area contributed by atoms with Gasteiger partial charge in [-0.1, -0.05) is 18.2 Å². The fourth-order valence-corrected chi connectivity index (χ4v) is 2.40. The highest BCUT2D eigenvalue weighted by Gasteiger charge is 2.09. The SMILES string of the molecule is O=C(NCc1ccccn1)c1cc(Nc2ccccc2Br)ncn1. The van der Waals surface area contributed by atoms with Gasteiger partial charge in [0.15, 0.2) is 0 Å². The summed E-state index contributed by atoms with van der Waals surface area (Å²) >= 11 is 3.46. The van der Waals surface area contributed by atoms with Crippen LogP contribution in [-0.4, -0.2) is 20.9 Å². The lowest BCUT2D eigenvalue weighted by Crippen LogP contribution is -2.24. The van der Waals surface area contributed by atoms with Crippen LogP contribution in [0.25, 0.3) is 0 Å². The molecule has 0 aliphatic rings. The lowest BCUT2D eigenvalue weighted by atomic mass is 10.3. The van der Waals surface area contributed by atoms with Crippen molar-refractivity contribution in [3.8, 4) is 0 Å². The molecule has 0 aliphatic heterocycles. The van der Waals surface area contributed by atoms with E-state index in [9.17, 15) is 4.79 Å². The first kappa shape index (κ1) is 16.1. The molecule has 120 valence electrons. The van der Waals surface area contributed by atoms with Gasteiger partial charge in [-0.25, -0.2) is 9.97 Å². The van der Waals surface area contributed by atoms with Gasteiger partial charge < -0.3 is 10.6 Å². The van der Waals surface area contributed by atoms with Gasteiger partial charge in [0.2, 0.25) is 0 Å². The molecule has 3 aromatic rings. The maximum absolute atomic E-state index is 12.2. The average molecular weight is 384 g/mol. The van der Waals surface area contributed by atoms with E-state index in [0.717, 1.165) is 15.9 Å². The number of carbonyl (C=O) groups excluding carboxylic acids is 1. The Balaban J connectivity index is 1.68. The number of rotatable bonds is 5. The van der Waals surface area contributed by atoms with E-state index in [1.54, 1.807) is 12.3 Å². The van der Waals surface area contributed by atoms with Crippen LogP contribution in [0.15, 0.2) is 65.5 Å². The number of amides is 1. The molecule has 0 unspecified atom stereocenters. The van der Waals surface area contributed by atoms with Gasteiger partial charge in [-0.3, -0.25) is 9.78 Å². The molecule has 0 saturated heterocycles. The van der Waals surface area contributed by atoms with E-state index >= 15 is 0 Å². The summed E-state index contributed by atoms with van der Waals surface area (Å²) < 4.78 is 0.907. The molecule has 0 bridgehead atoms. The van der Waals surface area contributed by atoms with E-state index in [-0.39, 0.29) is 11.6 Å². The molecule has 0 atom stereocenters. The monoisotopic (exact) mass is 383 g/mol. The Morgan fingerprint density at radius 2 is 1.88 bits per heavy atom. The number of pyridine rings is 1. The van der Waals surface area contributed by atoms with E-state index in [4.69, 9.17) is 0 Å². The third-order valence-corrected chi connectivity index (χ3v) is 3.88. The summed E-state index contributed by atoms with van der Waals surface area (Å²) in [6, 6.07) is 14.8. The van der Waals surface area contributed by atoms with Crippen molar-refractivity contribution in [3.63, 3.8) is 0 Å². The third kappa shape index (κ3) is 4.14. The van der Waals surface area contributed by atoms with Crippen LogP contribution < -0.4 is 10.6 Å². The summed E-state index contributed by atoms with van der Waals surface area (Å²) in [5, 5.41) is 5.94. The third-order valence-electron chi connectivity index (χ3n) is 3.19. The molecule has 2 N–H and O–H groups in total. The topological polar surface area (TPSA) is 79.8 Å². The molecule has 0 spiro atoms. The number of nitrogens with one attached hydrogen (secondary N) is 2. The molecule has 1 aromatic carbocycles. The van der Waals surface area contributed by atoms with Gasteiger partial charge in [-0.15, -0.1) is 0 Å². The highest BCUT2D eigenvalue weighted by atomic mass is 79.9. The molecule has 3 rings (SSSR count). The van der Waals surface area contributed by atoms with E-state index in [2.05, 4.69) is 41.5 Å². The number of hydrogen-bond acceptors (Lipinski definition) is 5. The van der Waals surface area contributed by atoms with E-state index in [0.29, 0.717) is 12.4 Å². The van der Waals surface area contributed by atoms with Crippen LogP contribution in [0.2, 0.25) is 0 Å². The Morgan fingerprint density at radius 3 is 2.67 bits per heavy atom. The van der Waals surface area contributed by atoms with Crippen molar-refractivity contribution in [2.24, 2.45) is 0 Å². The standard InChI is InChI=1S/C17H14BrN5O/c18-13-6-1-2-7-14(13)23-16-9-15(21-11-22-16)17(24)20-10-12-5-3-4-8-19-12/h1-9,11H,10H2,(H,20,24)(H,21,22,23). The predicted molar refractivity (Wildman–Crippen MR) is 94.9 cm³/mol. The summed E-state index contributed by atoms with van der Waals surface area (Å²) in [5.41, 5.74) is 1.93. The fraction of sp³-hybridized carbons (Fsp3) is 0.0588. The molecule has 0 saturated carbocycles. The minimum atomic E-state index is -0.279. The summed E-state index contributed by atoms with van der Waals surface area (Å²) in [5.74, 6) is 0.262. The Labute approximate surface area is 147 Å². The van der Waals surface area contributed by atoms with Gasteiger partial charge >= 0.3 is 0 Å². The summed E-state index contributed by atoms with van der Waals surface area (Å²) in [6.45, 7) is 0.344. The molecule has 0 radical (unpaired) electrons. The maximum Gasteiger partial charge on any atom is 0.270 e. The molecular formula is C17H14BrN5O. The van der Waals surface area contributed by atoms with Gasteiger partial charge in [0.1, 0.15) is 17.8 Å². The van der Waals surface area contributed by atoms with Crippen LogP contribution in [0, 0.1) is 0 Å². The van der Waals surface area contributed by atoms with Crippen molar-refractivity contribution in [1.29, 1.82) is 0 Å². The predicted octanol–water partition coefficient (Wildman–Crippen LogP) is 3.31. The van der Waals surface area contributed by atoms with Gasteiger partial charge in [0, 0.05) is 16.7 Å². The van der Waals surface area contributed by atoms with E-state index in [1.165, 1.54) is 6.33 Å². The first-order valence-electron chi connectivity index (χ1n) is 7.24. The van der Waals surface area contributed by atoms with Crippen molar-refractivity contribution in [1.82, 2.24) is 20.3 Å². The molecule has 6 nitrogen and oxygen atoms in total. The van der Waals surface area contributed by atoms with Gasteiger partial charge in [-0.2, -0.15) is 0 Å². The van der Waals surface area contributed by atoms with Crippen molar-refractivity contribution in [2.75, 3.05) is 5.32 Å². The lowest BCUT2D eigenvalue weighted by molar-refractivity contribution is 0.0945. The van der Waals surface area contributed by atoms with Crippen LogP contribution in [0.5, 0.6) is 0 Å². The first-order valence-corrected chi connectivity index (χ1v) is 8.03. The molecule has 2 heterocycles. The zero-order chi connectivity index (χ0) is 16.8. The summed E-state index contributed by atoms with van der Waals surface area (Å²) in [4.78, 5) is 24.5. The number of halogens is 1. The normalized spacial score (nSPS) is 10.2. The highest BCUT2D eigenvalue weighted by molar-refractivity contribution is 9.10. The fourth-order valence-electron chi connectivity index (χ4n) is 2.01. The number of hydrogen-bond donors (Lipinski definition) is 2. The van der Waals surface area contributed by atoms with Gasteiger partial charge in [0.05, 0.1) is 17.9 Å². The first-order chi connectivity index (χ1) is 11.7. The second-order valence-corrected chi connectivity index (χ2v) is 5.75. The Kier molecular flexibility index (Phi) is 5.12. The van der Waals surface area contributed by atoms with Crippen LogP contribution in [-0.2, 0) is 6.54 Å². The molecule has 0 fully saturated rings. The Bertz CT molecular complexity index is 841. The molecular weight excluding hydrogens is 370 g/mol. The van der Waals surface area contributed by atoms with Crippen molar-refractivity contribution in [2.45, 2.75) is 6.54 Å². The van der Waals surface area contributed by atoms with Crippen LogP contribution in [0.1, 0.15) is 16.2 Å². The molecule has 7 heteroatoms. The number of carbonyl (C=O) groups is 1. The molecule has 24 heavy (non-hydrogen) atoms. The van der Waals surface area contributed by atoms with Crippen LogP contribution in [0.4, 0.5) is 11.5 Å². The van der Waals surface area contributed by atoms with Crippen LogP contribution >= 0.6 is 15.9 Å². The Morgan fingerprint density at radius 1 is 1.04 bits per heavy atom. The molecule has 2 aromatic heterocycles. The smallest absolute Gasteiger partial charge is 0.270 e. The minimum Gasteiger partial charge on any atom is -0.345 e. The number of nitrogens with zero attached hydrogens (tertiary/aromatic N) is 3. The number of para-hydroxylation sites is 1. The molecule has 1 amide bonds. The lowest BCUT2D eigenvalue weighted by Gasteiger charge is -2.09. The second kappa shape index (κ2) is 7.65. The largest absolute Gasteiger partial charge is 0.345 e. The summed E-state index contributed by atoms with van der Waals surface area (Å²) in [6.07, 6.45) is 3.04. The minimum absolute atomic E-state index is 0.279. The number of benzene rings is 1. The maximum atomic E-state index is 12.2. The Hall–Kier alpha value is -2.80. The van der Waals surface area contributed by atoms with Crippen molar-refractivity contribution < 1.29 is 4.79 Å². The van der Waals surface area contributed by atoms with Gasteiger partial charge in [-0.05, 0) is 40.2 Å². The van der Waals surface area contributed by atoms with Crippen molar-refractivity contribution >= 4 is 33.3 Å². The van der Waals surface area contributed by atoms with Crippen molar-refractivity contribution in [3.05, 3.63) is 76.9 Å². The number of aromatic nitrogens is 3. The highest BCUT2D eigenvalue weighted by Crippen LogP contribution is 2.24. The van der Waals surface area contributed by atoms with E-state index < -0.39 is 0 Å². The zero-order valence-electron chi connectivity index (χ0n) is 12.6. The quantitative estimate of drug-likeness (QED) is 0.706. The second-order valence-electron chi connectivity index (χ2n) is 4.90. The van der Waals surface area contributed by atoms with Gasteiger partial charge in [0.25, 0.3) is 5.91 Å².